The molecule has 0 fully saturated rings. The molecule has 0 unspecified atom stereocenters. The van der Waals surface area contributed by atoms with Crippen LogP contribution in [0.3, 0.4) is 0 Å². The Bertz CT molecular complexity index is 279. The van der Waals surface area contributed by atoms with E-state index in [4.69, 9.17) is 17.0 Å². The summed E-state index contributed by atoms with van der Waals surface area (Å²) >= 11 is 0. The molecule has 0 aliphatic heterocycles. The highest BCUT2D eigenvalue weighted by atomic mass is 16.4. The zero-order valence-corrected chi connectivity index (χ0v) is 6.27. The van der Waals surface area contributed by atoms with Crippen molar-refractivity contribution >= 4 is 18.4 Å². The number of ketones is 1. The van der Waals surface area contributed by atoms with E-state index in [1.807, 2.05) is 0 Å². The number of benzene rings is 1. The van der Waals surface area contributed by atoms with Crippen LogP contribution in [0.15, 0.2) is 24.3 Å². The van der Waals surface area contributed by atoms with E-state index in [1.54, 1.807) is 0 Å². The Balaban J connectivity index is 2.93. The van der Waals surface area contributed by atoms with E-state index >= 15 is 0 Å². The summed E-state index contributed by atoms with van der Waals surface area (Å²) in [5.41, 5.74) is 0.680. The Morgan fingerprint density at radius 2 is 1.75 bits per heavy atom. The van der Waals surface area contributed by atoms with Crippen LogP contribution in [0.2, 0.25) is 0 Å². The quantitative estimate of drug-likeness (QED) is 0.444. The molecule has 0 bridgehead atoms. The van der Waals surface area contributed by atoms with Crippen molar-refractivity contribution in [2.24, 2.45) is 0 Å². The van der Waals surface area contributed by atoms with E-state index < -0.39 is 12.9 Å². The molecule has 0 amide bonds. The number of hydrogen-bond donors (Lipinski definition) is 2. The maximum Gasteiger partial charge on any atom is 0.488 e. The Kier molecular flexibility index (Phi) is 2.63. The molecule has 0 atom stereocenters. The fraction of sp³-hybridized carbons (Fsp3) is 0. The molecule has 0 aliphatic carbocycles. The van der Waals surface area contributed by atoms with Crippen LogP contribution in [0, 0.1) is 6.92 Å². The first kappa shape index (κ1) is 8.97. The Hall–Kier alpha value is -1.13. The lowest BCUT2D eigenvalue weighted by Crippen LogP contribution is -2.29. The molecule has 0 aromatic heterocycles. The van der Waals surface area contributed by atoms with E-state index in [-0.39, 0.29) is 0 Å². The van der Waals surface area contributed by atoms with E-state index in [1.165, 1.54) is 24.3 Å². The van der Waals surface area contributed by atoms with E-state index in [2.05, 4.69) is 0 Å². The van der Waals surface area contributed by atoms with Crippen molar-refractivity contribution in [1.29, 1.82) is 0 Å². The predicted octanol–water partition coefficient (Wildman–Crippen LogP) is -0.740. The molecular formula is C8H7BO3. The van der Waals surface area contributed by atoms with Gasteiger partial charge >= 0.3 is 7.12 Å². The molecule has 60 valence electrons. The SMILES string of the molecule is [CH]C(=O)c1ccc(B(O)O)cc1. The highest BCUT2D eigenvalue weighted by Crippen LogP contribution is 1.97. The van der Waals surface area contributed by atoms with Gasteiger partial charge in [0.1, 0.15) is 0 Å². The van der Waals surface area contributed by atoms with Gasteiger partial charge in [-0.2, -0.15) is 0 Å². The first-order chi connectivity index (χ1) is 5.61. The molecule has 1 aromatic carbocycles. The molecule has 0 aliphatic rings. The third kappa shape index (κ3) is 1.93. The van der Waals surface area contributed by atoms with Crippen LogP contribution in [0.1, 0.15) is 10.4 Å². The van der Waals surface area contributed by atoms with E-state index in [0.717, 1.165) is 0 Å². The minimum Gasteiger partial charge on any atom is -0.423 e. The van der Waals surface area contributed by atoms with Crippen LogP contribution in [0.4, 0.5) is 0 Å². The molecule has 4 heteroatoms. The van der Waals surface area contributed by atoms with Crippen LogP contribution >= 0.6 is 0 Å². The molecule has 1 aromatic rings. The number of carbonyl (C=O) groups is 1. The summed E-state index contributed by atoms with van der Waals surface area (Å²) in [5, 5.41) is 17.4. The minimum absolute atomic E-state index is 0.333. The molecule has 2 radical (unpaired) electrons. The van der Waals surface area contributed by atoms with Gasteiger partial charge in [-0.3, -0.25) is 4.79 Å². The van der Waals surface area contributed by atoms with Crippen molar-refractivity contribution in [3.05, 3.63) is 36.8 Å². The van der Waals surface area contributed by atoms with Gasteiger partial charge in [-0.25, -0.2) is 0 Å². The van der Waals surface area contributed by atoms with Gasteiger partial charge in [-0.05, 0) is 5.46 Å². The maximum atomic E-state index is 10.6. The van der Waals surface area contributed by atoms with Crippen LogP contribution in [-0.2, 0) is 0 Å². The largest absolute Gasteiger partial charge is 0.488 e. The van der Waals surface area contributed by atoms with Crippen molar-refractivity contribution in [2.75, 3.05) is 0 Å². The van der Waals surface area contributed by atoms with Gasteiger partial charge in [0.25, 0.3) is 0 Å². The number of Topliss-reactive ketones (excluding diaryl/α,β-unsaturated/α-hetero) is 1. The Morgan fingerprint density at radius 3 is 2.08 bits per heavy atom. The van der Waals surface area contributed by atoms with Gasteiger partial charge < -0.3 is 10.0 Å². The maximum absolute atomic E-state index is 10.6. The first-order valence-electron chi connectivity index (χ1n) is 3.37. The molecule has 0 spiro atoms. The second kappa shape index (κ2) is 3.52. The van der Waals surface area contributed by atoms with Crippen LogP contribution in [-0.4, -0.2) is 22.9 Å². The number of hydrogen-bond acceptors (Lipinski definition) is 3. The summed E-state index contributed by atoms with van der Waals surface area (Å²) in [6.45, 7) is 4.98. The van der Waals surface area contributed by atoms with Crippen molar-refractivity contribution < 1.29 is 14.8 Å². The molecular weight excluding hydrogens is 155 g/mol. The Morgan fingerprint density at radius 1 is 1.25 bits per heavy atom. The number of rotatable bonds is 2. The van der Waals surface area contributed by atoms with Gasteiger partial charge in [0.2, 0.25) is 0 Å². The van der Waals surface area contributed by atoms with Gasteiger partial charge in [0.05, 0.1) is 0 Å². The fourth-order valence-corrected chi connectivity index (χ4v) is 0.820. The molecule has 1 rings (SSSR count). The van der Waals surface area contributed by atoms with Crippen LogP contribution in [0.25, 0.3) is 0 Å². The minimum atomic E-state index is -1.51. The normalized spacial score (nSPS) is 9.58. The third-order valence-electron chi connectivity index (χ3n) is 1.49. The lowest BCUT2D eigenvalue weighted by molar-refractivity contribution is 0.104. The fourth-order valence-electron chi connectivity index (χ4n) is 0.820. The topological polar surface area (TPSA) is 57.5 Å². The summed E-state index contributed by atoms with van der Waals surface area (Å²) < 4.78 is 0. The highest BCUT2D eigenvalue weighted by Gasteiger charge is 2.10. The molecule has 0 saturated carbocycles. The molecule has 0 saturated heterocycles. The molecule has 0 heterocycles. The zero-order valence-electron chi connectivity index (χ0n) is 6.27. The van der Waals surface area contributed by atoms with Crippen LogP contribution in [0.5, 0.6) is 0 Å². The van der Waals surface area contributed by atoms with Gasteiger partial charge in [-0.15, -0.1) is 0 Å². The van der Waals surface area contributed by atoms with E-state index in [0.29, 0.717) is 11.0 Å². The summed E-state index contributed by atoms with van der Waals surface area (Å²) in [6.07, 6.45) is 0. The lowest BCUT2D eigenvalue weighted by atomic mass is 9.80. The van der Waals surface area contributed by atoms with Gasteiger partial charge in [-0.1, -0.05) is 24.3 Å². The highest BCUT2D eigenvalue weighted by molar-refractivity contribution is 6.58. The predicted molar refractivity (Wildman–Crippen MR) is 44.9 cm³/mol. The smallest absolute Gasteiger partial charge is 0.423 e. The van der Waals surface area contributed by atoms with E-state index in [9.17, 15) is 4.79 Å². The molecule has 12 heavy (non-hydrogen) atoms. The summed E-state index contributed by atoms with van der Waals surface area (Å²) in [5.74, 6) is -0.533. The second-order valence-corrected chi connectivity index (χ2v) is 2.36. The monoisotopic (exact) mass is 162 g/mol. The molecule has 2 N–H and O–H groups in total. The van der Waals surface area contributed by atoms with Crippen LogP contribution < -0.4 is 5.46 Å². The summed E-state index contributed by atoms with van der Waals surface area (Å²) in [6, 6.07) is 5.75. The first-order valence-corrected chi connectivity index (χ1v) is 3.37. The summed E-state index contributed by atoms with van der Waals surface area (Å²) in [7, 11) is -1.51. The van der Waals surface area contributed by atoms with Crippen molar-refractivity contribution in [3.63, 3.8) is 0 Å². The van der Waals surface area contributed by atoms with Crippen molar-refractivity contribution in [2.45, 2.75) is 0 Å². The van der Waals surface area contributed by atoms with Crippen molar-refractivity contribution in [3.8, 4) is 0 Å². The number of carbonyl (C=O) groups excluding carboxylic acids is 1. The second-order valence-electron chi connectivity index (χ2n) is 2.36. The standard InChI is InChI=1S/C8H7BO3/c1-6(10)7-2-4-8(5-3-7)9(11)12/h1-5,11-12H. The molecule has 3 nitrogen and oxygen atoms in total. The lowest BCUT2D eigenvalue weighted by Gasteiger charge is -1.99. The zero-order chi connectivity index (χ0) is 9.14. The average molecular weight is 162 g/mol. The van der Waals surface area contributed by atoms with Crippen molar-refractivity contribution in [1.82, 2.24) is 0 Å². The summed E-state index contributed by atoms with van der Waals surface area (Å²) in [4.78, 5) is 10.6. The van der Waals surface area contributed by atoms with Gasteiger partial charge in [0.15, 0.2) is 5.78 Å². The average Bonchev–Trinajstić information content (AvgIpc) is 2.04. The third-order valence-corrected chi connectivity index (χ3v) is 1.49. The Labute approximate surface area is 70.8 Å². The van der Waals surface area contributed by atoms with Gasteiger partial charge in [0, 0.05) is 12.5 Å².